The lowest BCUT2D eigenvalue weighted by Crippen LogP contribution is -2.21. The Balaban J connectivity index is 2.84. The Morgan fingerprint density at radius 3 is 2.53 bits per heavy atom. The molecule has 0 aliphatic heterocycles. The van der Waals surface area contributed by atoms with E-state index in [1.165, 1.54) is 0 Å². The van der Waals surface area contributed by atoms with Crippen LogP contribution in [0.2, 0.25) is 0 Å². The molecule has 3 N–H and O–H groups in total. The molecule has 0 aromatic carbocycles. The number of rotatable bonds is 9. The maximum absolute atomic E-state index is 9.04. The van der Waals surface area contributed by atoms with E-state index >= 15 is 0 Å². The van der Waals surface area contributed by atoms with Gasteiger partial charge in [-0.15, -0.1) is 0 Å². The maximum atomic E-state index is 9.04. The minimum atomic E-state index is 0.193. The van der Waals surface area contributed by atoms with Crippen molar-refractivity contribution in [3.8, 4) is 0 Å². The highest BCUT2D eigenvalue weighted by atomic mass is 16.3. The number of hydrogen-bond acceptors (Lipinski definition) is 5. The second kappa shape index (κ2) is 8.69. The third-order valence-corrected chi connectivity index (χ3v) is 2.93. The van der Waals surface area contributed by atoms with E-state index in [-0.39, 0.29) is 12.6 Å². The predicted octanol–water partition coefficient (Wildman–Crippen LogP) is 2.43. The van der Waals surface area contributed by atoms with Gasteiger partial charge in [-0.25, -0.2) is 9.97 Å². The Hall–Kier alpha value is -1.36. The molecular weight excluding hydrogens is 240 g/mol. The van der Waals surface area contributed by atoms with Crippen molar-refractivity contribution in [1.29, 1.82) is 0 Å². The van der Waals surface area contributed by atoms with Crippen LogP contribution in [0.25, 0.3) is 0 Å². The van der Waals surface area contributed by atoms with E-state index in [2.05, 4.69) is 41.4 Å². The molecule has 108 valence electrons. The van der Waals surface area contributed by atoms with Crippen molar-refractivity contribution in [2.75, 3.05) is 23.8 Å². The van der Waals surface area contributed by atoms with Crippen LogP contribution in [0, 0.1) is 0 Å². The molecule has 0 aliphatic carbocycles. The van der Waals surface area contributed by atoms with Gasteiger partial charge in [0.15, 0.2) is 0 Å². The third-order valence-electron chi connectivity index (χ3n) is 2.93. The van der Waals surface area contributed by atoms with E-state index in [1.807, 2.05) is 6.07 Å². The second-order valence-corrected chi connectivity index (χ2v) is 4.60. The first-order valence-electron chi connectivity index (χ1n) is 7.22. The number of aliphatic hydroxyl groups is 1. The summed E-state index contributed by atoms with van der Waals surface area (Å²) in [5, 5.41) is 15.6. The lowest BCUT2D eigenvalue weighted by Gasteiger charge is -2.17. The Labute approximate surface area is 115 Å². The first kappa shape index (κ1) is 15.7. The predicted molar refractivity (Wildman–Crippen MR) is 79.6 cm³/mol. The summed E-state index contributed by atoms with van der Waals surface area (Å²) < 4.78 is 0. The molecule has 1 atom stereocenters. The quantitative estimate of drug-likeness (QED) is 0.640. The molecule has 1 heterocycles. The Morgan fingerprint density at radius 1 is 1.21 bits per heavy atom. The summed E-state index contributed by atoms with van der Waals surface area (Å²) >= 11 is 0. The molecule has 0 radical (unpaired) electrons. The van der Waals surface area contributed by atoms with Gasteiger partial charge in [0.1, 0.15) is 17.5 Å². The zero-order valence-electron chi connectivity index (χ0n) is 12.2. The van der Waals surface area contributed by atoms with Crippen LogP contribution in [-0.2, 0) is 6.42 Å². The van der Waals surface area contributed by atoms with Gasteiger partial charge in [-0.05, 0) is 26.2 Å². The molecule has 1 aromatic rings. The highest BCUT2D eigenvalue weighted by Gasteiger charge is 2.09. The van der Waals surface area contributed by atoms with E-state index in [0.29, 0.717) is 0 Å². The van der Waals surface area contributed by atoms with Crippen molar-refractivity contribution in [2.45, 2.75) is 52.5 Å². The zero-order valence-corrected chi connectivity index (χ0v) is 12.2. The van der Waals surface area contributed by atoms with Crippen molar-refractivity contribution >= 4 is 11.6 Å². The molecule has 0 bridgehead atoms. The minimum absolute atomic E-state index is 0.193. The molecule has 19 heavy (non-hydrogen) atoms. The molecule has 0 spiro atoms. The molecule has 0 amide bonds. The van der Waals surface area contributed by atoms with Crippen LogP contribution < -0.4 is 10.6 Å². The zero-order chi connectivity index (χ0) is 14.1. The molecule has 0 saturated heterocycles. The van der Waals surface area contributed by atoms with Gasteiger partial charge in [0.2, 0.25) is 0 Å². The van der Waals surface area contributed by atoms with Gasteiger partial charge < -0.3 is 15.7 Å². The monoisotopic (exact) mass is 266 g/mol. The number of nitrogens with zero attached hydrogens (tertiary/aromatic N) is 2. The number of nitrogens with one attached hydrogen (secondary N) is 2. The van der Waals surface area contributed by atoms with Crippen LogP contribution in [-0.4, -0.2) is 34.3 Å². The van der Waals surface area contributed by atoms with Crippen LogP contribution in [0.5, 0.6) is 0 Å². The van der Waals surface area contributed by atoms with Crippen LogP contribution in [0.1, 0.15) is 45.9 Å². The fraction of sp³-hybridized carbons (Fsp3) is 0.714. The topological polar surface area (TPSA) is 70.1 Å². The summed E-state index contributed by atoms with van der Waals surface area (Å²) in [5.41, 5.74) is 0. The van der Waals surface area contributed by atoms with E-state index in [9.17, 15) is 0 Å². The molecule has 0 aliphatic rings. The summed E-state index contributed by atoms with van der Waals surface area (Å²) in [6.45, 7) is 7.31. The average Bonchev–Trinajstić information content (AvgIpc) is 2.39. The van der Waals surface area contributed by atoms with Crippen LogP contribution >= 0.6 is 0 Å². The maximum Gasteiger partial charge on any atom is 0.133 e. The van der Waals surface area contributed by atoms with Gasteiger partial charge in [-0.3, -0.25) is 0 Å². The molecule has 1 aromatic heterocycles. The largest absolute Gasteiger partial charge is 0.396 e. The van der Waals surface area contributed by atoms with Crippen LogP contribution in [0.15, 0.2) is 6.07 Å². The Morgan fingerprint density at radius 2 is 1.95 bits per heavy atom. The summed E-state index contributed by atoms with van der Waals surface area (Å²) in [6.07, 6.45) is 3.61. The first-order valence-corrected chi connectivity index (χ1v) is 7.22. The smallest absolute Gasteiger partial charge is 0.133 e. The third kappa shape index (κ3) is 5.42. The number of hydrogen-bond donors (Lipinski definition) is 3. The normalized spacial score (nSPS) is 12.2. The van der Waals surface area contributed by atoms with Gasteiger partial charge >= 0.3 is 0 Å². The van der Waals surface area contributed by atoms with Crippen LogP contribution in [0.4, 0.5) is 11.6 Å². The Kier molecular flexibility index (Phi) is 7.18. The second-order valence-electron chi connectivity index (χ2n) is 4.60. The summed E-state index contributed by atoms with van der Waals surface area (Å²) in [5.74, 6) is 2.57. The lowest BCUT2D eigenvalue weighted by molar-refractivity contribution is 0.278. The molecule has 5 nitrogen and oxygen atoms in total. The number of anilines is 2. The van der Waals surface area contributed by atoms with E-state index in [4.69, 9.17) is 5.11 Å². The molecule has 1 unspecified atom stereocenters. The highest BCUT2D eigenvalue weighted by Crippen LogP contribution is 2.15. The van der Waals surface area contributed by atoms with Gasteiger partial charge in [-0.1, -0.05) is 13.8 Å². The van der Waals surface area contributed by atoms with Crippen molar-refractivity contribution in [3.05, 3.63) is 11.9 Å². The van der Waals surface area contributed by atoms with E-state index < -0.39 is 0 Å². The van der Waals surface area contributed by atoms with Gasteiger partial charge in [0, 0.05) is 31.7 Å². The summed E-state index contributed by atoms with van der Waals surface area (Å²) in [4.78, 5) is 9.01. The summed E-state index contributed by atoms with van der Waals surface area (Å²) in [6, 6.07) is 2.19. The standard InChI is InChI=1S/C14H26N4O/c1-4-7-12-17-13(15-6-3)10-14(18-12)16-11(5-2)8-9-19/h10-11,19H,4-9H2,1-3H3,(H2,15,16,17,18). The number of aliphatic hydroxyl groups excluding tert-OH is 1. The molecular formula is C14H26N4O. The average molecular weight is 266 g/mol. The SMILES string of the molecule is CCCc1nc(NCC)cc(NC(CC)CCO)n1. The first-order chi connectivity index (χ1) is 9.23. The van der Waals surface area contributed by atoms with E-state index in [1.54, 1.807) is 0 Å². The van der Waals surface area contributed by atoms with E-state index in [0.717, 1.165) is 49.7 Å². The fourth-order valence-electron chi connectivity index (χ4n) is 1.92. The molecule has 0 saturated carbocycles. The minimum Gasteiger partial charge on any atom is -0.396 e. The van der Waals surface area contributed by atoms with Crippen LogP contribution in [0.3, 0.4) is 0 Å². The number of aromatic nitrogens is 2. The Bertz CT molecular complexity index is 346. The number of aryl methyl sites for hydroxylation is 1. The van der Waals surface area contributed by atoms with Crippen molar-refractivity contribution in [3.63, 3.8) is 0 Å². The van der Waals surface area contributed by atoms with Gasteiger partial charge in [0.25, 0.3) is 0 Å². The van der Waals surface area contributed by atoms with Crippen molar-refractivity contribution in [2.24, 2.45) is 0 Å². The summed E-state index contributed by atoms with van der Waals surface area (Å²) in [7, 11) is 0. The lowest BCUT2D eigenvalue weighted by atomic mass is 10.1. The highest BCUT2D eigenvalue weighted by molar-refractivity contribution is 5.48. The molecule has 1 rings (SSSR count). The fourth-order valence-corrected chi connectivity index (χ4v) is 1.92. The van der Waals surface area contributed by atoms with Gasteiger partial charge in [-0.2, -0.15) is 0 Å². The van der Waals surface area contributed by atoms with Crippen molar-refractivity contribution in [1.82, 2.24) is 9.97 Å². The van der Waals surface area contributed by atoms with Gasteiger partial charge in [0.05, 0.1) is 0 Å². The van der Waals surface area contributed by atoms with Crippen molar-refractivity contribution < 1.29 is 5.11 Å². The molecule has 5 heteroatoms. The molecule has 0 fully saturated rings.